The fourth-order valence-electron chi connectivity index (χ4n) is 5.13. The van der Waals surface area contributed by atoms with E-state index in [2.05, 4.69) is 5.32 Å². The van der Waals surface area contributed by atoms with Gasteiger partial charge in [-0.1, -0.05) is 66.9 Å². The zero-order chi connectivity index (χ0) is 30.3. The van der Waals surface area contributed by atoms with Crippen LogP contribution in [-0.4, -0.2) is 57.1 Å². The molecule has 0 bridgehead atoms. The second kappa shape index (κ2) is 14.0. The maximum Gasteiger partial charge on any atom is 0.244 e. The van der Waals surface area contributed by atoms with Crippen LogP contribution in [0.15, 0.2) is 72.8 Å². The van der Waals surface area contributed by atoms with Gasteiger partial charge in [0.1, 0.15) is 24.2 Å². The van der Waals surface area contributed by atoms with Crippen molar-refractivity contribution in [2.24, 2.45) is 0 Å². The minimum Gasteiger partial charge on any atom is -0.495 e. The number of nitrogens with zero attached hydrogens (tertiary/aromatic N) is 2. The van der Waals surface area contributed by atoms with Gasteiger partial charge in [0.05, 0.1) is 24.1 Å². The van der Waals surface area contributed by atoms with Crippen molar-refractivity contribution in [3.05, 3.63) is 94.8 Å². The number of sulfonamides is 1. The summed E-state index contributed by atoms with van der Waals surface area (Å²) in [5.41, 5.74) is 1.60. The largest absolute Gasteiger partial charge is 0.495 e. The molecule has 3 aromatic carbocycles. The lowest BCUT2D eigenvalue weighted by Crippen LogP contribution is -2.54. The predicted octanol–water partition coefficient (Wildman–Crippen LogP) is 4.95. The highest BCUT2D eigenvalue weighted by Gasteiger charge is 2.34. The number of anilines is 1. The molecular weight excluding hydrogens is 581 g/mol. The van der Waals surface area contributed by atoms with Gasteiger partial charge in [-0.05, 0) is 54.3 Å². The Hall–Kier alpha value is -3.63. The van der Waals surface area contributed by atoms with Crippen molar-refractivity contribution in [2.45, 2.75) is 50.7 Å². The first-order valence-electron chi connectivity index (χ1n) is 13.7. The summed E-state index contributed by atoms with van der Waals surface area (Å²) in [6, 6.07) is 18.4. The van der Waals surface area contributed by atoms with Gasteiger partial charge < -0.3 is 15.0 Å². The Morgan fingerprint density at radius 1 is 1.02 bits per heavy atom. The highest BCUT2D eigenvalue weighted by Crippen LogP contribution is 2.30. The molecule has 0 spiro atoms. The molecule has 3 aromatic rings. The van der Waals surface area contributed by atoms with E-state index in [1.165, 1.54) is 42.3 Å². The van der Waals surface area contributed by atoms with Crippen LogP contribution in [0.2, 0.25) is 5.02 Å². The van der Waals surface area contributed by atoms with Crippen molar-refractivity contribution in [3.8, 4) is 5.75 Å². The van der Waals surface area contributed by atoms with Crippen LogP contribution >= 0.6 is 11.6 Å². The van der Waals surface area contributed by atoms with Crippen LogP contribution in [0.1, 0.15) is 36.8 Å². The number of halogens is 2. The van der Waals surface area contributed by atoms with Gasteiger partial charge in [-0.25, -0.2) is 12.8 Å². The predicted molar refractivity (Wildman–Crippen MR) is 161 cm³/mol. The van der Waals surface area contributed by atoms with Crippen molar-refractivity contribution in [1.29, 1.82) is 0 Å². The fraction of sp³-hybridized carbons (Fsp3) is 0.355. The molecular formula is C31H35ClFN3O5S. The molecule has 224 valence electrons. The lowest BCUT2D eigenvalue weighted by atomic mass is 10.0. The van der Waals surface area contributed by atoms with E-state index in [0.717, 1.165) is 41.8 Å². The van der Waals surface area contributed by atoms with Gasteiger partial charge in [0.15, 0.2) is 0 Å². The number of amides is 2. The molecule has 0 radical (unpaired) electrons. The highest BCUT2D eigenvalue weighted by molar-refractivity contribution is 7.92. The summed E-state index contributed by atoms with van der Waals surface area (Å²) in [4.78, 5) is 29.4. The van der Waals surface area contributed by atoms with Gasteiger partial charge >= 0.3 is 0 Å². The number of carbonyl (C=O) groups excluding carboxylic acids is 2. The summed E-state index contributed by atoms with van der Waals surface area (Å²) >= 11 is 6.28. The lowest BCUT2D eigenvalue weighted by molar-refractivity contribution is -0.140. The van der Waals surface area contributed by atoms with Crippen LogP contribution in [0.5, 0.6) is 5.75 Å². The van der Waals surface area contributed by atoms with Crippen LogP contribution < -0.4 is 14.4 Å². The molecule has 1 N–H and O–H groups in total. The lowest BCUT2D eigenvalue weighted by Gasteiger charge is -2.34. The number of rotatable bonds is 12. The van der Waals surface area contributed by atoms with Gasteiger partial charge in [0.25, 0.3) is 0 Å². The molecule has 1 atom stereocenters. The van der Waals surface area contributed by atoms with Crippen molar-refractivity contribution < 1.29 is 27.1 Å². The number of methoxy groups -OCH3 is 1. The van der Waals surface area contributed by atoms with Gasteiger partial charge in [-0.15, -0.1) is 0 Å². The fourth-order valence-corrected chi connectivity index (χ4v) is 6.23. The van der Waals surface area contributed by atoms with Gasteiger partial charge in [-0.2, -0.15) is 0 Å². The molecule has 1 saturated carbocycles. The summed E-state index contributed by atoms with van der Waals surface area (Å²) in [7, 11) is -2.51. The Bertz CT molecular complexity index is 1480. The number of ether oxygens (including phenoxy) is 1. The Labute approximate surface area is 251 Å². The zero-order valence-electron chi connectivity index (χ0n) is 23.6. The summed E-state index contributed by atoms with van der Waals surface area (Å²) < 4.78 is 45.7. The Kier molecular flexibility index (Phi) is 10.5. The second-order valence-electron chi connectivity index (χ2n) is 10.4. The van der Waals surface area contributed by atoms with E-state index in [0.29, 0.717) is 11.3 Å². The van der Waals surface area contributed by atoms with Crippen molar-refractivity contribution in [1.82, 2.24) is 10.2 Å². The molecule has 1 unspecified atom stereocenters. The molecule has 0 aromatic heterocycles. The molecule has 1 aliphatic carbocycles. The van der Waals surface area contributed by atoms with Crippen LogP contribution in [-0.2, 0) is 32.6 Å². The average Bonchev–Trinajstić information content (AvgIpc) is 3.47. The number of hydrogen-bond acceptors (Lipinski definition) is 5. The van der Waals surface area contributed by atoms with Crippen molar-refractivity contribution in [2.75, 3.05) is 24.2 Å². The number of hydrogen-bond donors (Lipinski definition) is 1. The zero-order valence-corrected chi connectivity index (χ0v) is 25.2. The van der Waals surface area contributed by atoms with Crippen LogP contribution in [0.3, 0.4) is 0 Å². The summed E-state index contributed by atoms with van der Waals surface area (Å²) in [5, 5.41) is 3.29. The van der Waals surface area contributed by atoms with Crippen LogP contribution in [0.25, 0.3) is 0 Å². The smallest absolute Gasteiger partial charge is 0.244 e. The van der Waals surface area contributed by atoms with Crippen molar-refractivity contribution in [3.63, 3.8) is 0 Å². The quantitative estimate of drug-likeness (QED) is 0.311. The van der Waals surface area contributed by atoms with Crippen LogP contribution in [0, 0.1) is 5.82 Å². The molecule has 11 heteroatoms. The second-order valence-corrected chi connectivity index (χ2v) is 12.7. The molecule has 4 rings (SSSR count). The van der Waals surface area contributed by atoms with Gasteiger partial charge in [-0.3, -0.25) is 13.9 Å². The normalized spacial score (nSPS) is 14.3. The minimum absolute atomic E-state index is 0.00695. The van der Waals surface area contributed by atoms with Crippen molar-refractivity contribution >= 4 is 39.1 Å². The third-order valence-corrected chi connectivity index (χ3v) is 8.78. The van der Waals surface area contributed by atoms with E-state index < -0.39 is 34.3 Å². The molecule has 8 nitrogen and oxygen atoms in total. The van der Waals surface area contributed by atoms with E-state index in [1.54, 1.807) is 12.1 Å². The van der Waals surface area contributed by atoms with Crippen LogP contribution in [0.4, 0.5) is 10.1 Å². The Morgan fingerprint density at radius 3 is 2.29 bits per heavy atom. The SMILES string of the molecule is COc1ccc(N(CC(=O)N(Cc2ccc(F)cc2)C(Cc2ccccc2)C(=O)NC2CCCC2)S(C)(=O)=O)cc1Cl. The topological polar surface area (TPSA) is 96.0 Å². The molecule has 1 aliphatic rings. The highest BCUT2D eigenvalue weighted by atomic mass is 35.5. The molecule has 1 fully saturated rings. The summed E-state index contributed by atoms with van der Waals surface area (Å²) in [5.74, 6) is -1.00. The third-order valence-electron chi connectivity index (χ3n) is 7.34. The van der Waals surface area contributed by atoms with E-state index in [-0.39, 0.29) is 35.6 Å². The first-order valence-corrected chi connectivity index (χ1v) is 16.0. The molecule has 42 heavy (non-hydrogen) atoms. The first-order chi connectivity index (χ1) is 20.0. The van der Waals surface area contributed by atoms with E-state index in [9.17, 15) is 22.4 Å². The Balaban J connectivity index is 1.72. The van der Waals surface area contributed by atoms with Gasteiger partial charge in [0.2, 0.25) is 21.8 Å². The van der Waals surface area contributed by atoms with E-state index in [1.807, 2.05) is 30.3 Å². The number of nitrogens with one attached hydrogen (secondary N) is 1. The number of carbonyl (C=O) groups is 2. The molecule has 0 aliphatic heterocycles. The standard InChI is InChI=1S/C31H35ClFN3O5S/c1-41-29-17-16-26(19-27(29)32)36(42(2,39)40)21-30(37)35(20-23-12-14-24(33)15-13-23)28(18-22-8-4-3-5-9-22)31(38)34-25-10-6-7-11-25/h3-5,8-9,12-17,19,25,28H,6-7,10-11,18,20-21H2,1-2H3,(H,34,38). The van der Waals surface area contributed by atoms with Gasteiger partial charge in [0, 0.05) is 19.0 Å². The molecule has 0 heterocycles. The monoisotopic (exact) mass is 615 g/mol. The molecule has 2 amide bonds. The summed E-state index contributed by atoms with van der Waals surface area (Å²) in [6.45, 7) is -0.611. The van der Waals surface area contributed by atoms with E-state index >= 15 is 0 Å². The average molecular weight is 616 g/mol. The maximum atomic E-state index is 14.1. The number of benzene rings is 3. The first kappa shape index (κ1) is 31.3. The minimum atomic E-state index is -3.95. The van der Waals surface area contributed by atoms with E-state index in [4.69, 9.17) is 16.3 Å². The third kappa shape index (κ3) is 8.23. The maximum absolute atomic E-state index is 14.1. The summed E-state index contributed by atoms with van der Waals surface area (Å²) in [6.07, 6.45) is 4.95. The molecule has 0 saturated heterocycles. The Morgan fingerprint density at radius 2 is 1.69 bits per heavy atom.